The number of methoxy groups -OCH3 is 1. The third kappa shape index (κ3) is 6.32. The normalized spacial score (nSPS) is 20.2. The first kappa shape index (κ1) is 22.4. The minimum Gasteiger partial charge on any atom is -0.496 e. The van der Waals surface area contributed by atoms with Crippen LogP contribution >= 0.6 is 0 Å². The van der Waals surface area contributed by atoms with Gasteiger partial charge >= 0.3 is 11.9 Å². The molecular formula is C23H28O6. The minimum absolute atomic E-state index is 0.388. The summed E-state index contributed by atoms with van der Waals surface area (Å²) in [5.74, 6) is -1.29. The smallest absolute Gasteiger partial charge is 0.330 e. The Morgan fingerprint density at radius 2 is 1.76 bits per heavy atom. The lowest BCUT2D eigenvalue weighted by Crippen LogP contribution is -2.29. The van der Waals surface area contributed by atoms with E-state index in [2.05, 4.69) is 6.58 Å². The van der Waals surface area contributed by atoms with Gasteiger partial charge < -0.3 is 19.3 Å². The molecule has 0 aliphatic heterocycles. The van der Waals surface area contributed by atoms with Crippen molar-refractivity contribution in [2.45, 2.75) is 31.3 Å². The molecule has 0 amide bonds. The van der Waals surface area contributed by atoms with Gasteiger partial charge in [0.05, 0.1) is 19.6 Å². The van der Waals surface area contributed by atoms with E-state index in [1.54, 1.807) is 31.4 Å². The predicted octanol–water partition coefficient (Wildman–Crippen LogP) is 4.02. The maximum Gasteiger partial charge on any atom is 0.330 e. The van der Waals surface area contributed by atoms with Crippen molar-refractivity contribution in [3.63, 3.8) is 0 Å². The van der Waals surface area contributed by atoms with Crippen LogP contribution in [0.2, 0.25) is 0 Å². The van der Waals surface area contributed by atoms with Crippen LogP contribution in [0, 0.1) is 5.92 Å². The molecule has 0 atom stereocenters. The van der Waals surface area contributed by atoms with Crippen LogP contribution in [0.5, 0.6) is 5.75 Å². The maximum absolute atomic E-state index is 11.3. The molecule has 1 N–H and O–H groups in total. The highest BCUT2D eigenvalue weighted by molar-refractivity contribution is 5.81. The zero-order valence-corrected chi connectivity index (χ0v) is 16.7. The van der Waals surface area contributed by atoms with E-state index < -0.39 is 23.5 Å². The Labute approximate surface area is 171 Å². The number of hydrogen-bond acceptors (Lipinski definition) is 5. The Hall–Kier alpha value is -2.86. The quantitative estimate of drug-likeness (QED) is 0.247. The first-order valence-corrected chi connectivity index (χ1v) is 9.70. The Kier molecular flexibility index (Phi) is 8.68. The molecule has 0 bridgehead atoms. The largest absolute Gasteiger partial charge is 0.496 e. The molecule has 1 aromatic rings. The highest BCUT2D eigenvalue weighted by atomic mass is 16.5. The Morgan fingerprint density at radius 3 is 2.38 bits per heavy atom. The number of hydrogen-bond donors (Lipinski definition) is 1. The molecule has 1 aliphatic carbocycles. The van der Waals surface area contributed by atoms with Gasteiger partial charge in [-0.15, -0.1) is 0 Å². The van der Waals surface area contributed by atoms with Crippen LogP contribution < -0.4 is 4.74 Å². The fraction of sp³-hybridized carbons (Fsp3) is 0.391. The summed E-state index contributed by atoms with van der Waals surface area (Å²) in [7, 11) is 1.60. The summed E-state index contributed by atoms with van der Waals surface area (Å²) in [6.45, 7) is 4.24. The third-order valence-corrected chi connectivity index (χ3v) is 4.71. The van der Waals surface area contributed by atoms with Gasteiger partial charge in [0.25, 0.3) is 0 Å². The van der Waals surface area contributed by atoms with Gasteiger partial charge in [0, 0.05) is 18.2 Å². The maximum atomic E-state index is 11.3. The monoisotopic (exact) mass is 400 g/mol. The Balaban J connectivity index is 1.95. The summed E-state index contributed by atoms with van der Waals surface area (Å²) in [6, 6.07) is 7.56. The topological polar surface area (TPSA) is 82.1 Å². The standard InChI is InChI=1S/C23H28O6/c1-3-21(24)28-16-8-4-5-9-17-29-23(14-12-18(13-15-23)22(25)26)19-10-6-7-11-20(19)27-2/h3,6-7,10-15,18H,1,4-5,8-9,16-17H2,2H3,(H,25,26). The van der Waals surface area contributed by atoms with Crippen molar-refractivity contribution in [1.82, 2.24) is 0 Å². The van der Waals surface area contributed by atoms with Gasteiger partial charge in [-0.25, -0.2) is 4.79 Å². The van der Waals surface area contributed by atoms with E-state index in [-0.39, 0.29) is 0 Å². The van der Waals surface area contributed by atoms with Crippen LogP contribution in [0.25, 0.3) is 0 Å². The molecule has 0 saturated carbocycles. The summed E-state index contributed by atoms with van der Waals surface area (Å²) in [5.41, 5.74) is -0.0342. The second-order valence-electron chi connectivity index (χ2n) is 6.71. The van der Waals surface area contributed by atoms with E-state index in [0.717, 1.165) is 37.3 Å². The van der Waals surface area contributed by atoms with Gasteiger partial charge in [-0.3, -0.25) is 4.79 Å². The molecule has 0 fully saturated rings. The first-order valence-electron chi connectivity index (χ1n) is 9.70. The summed E-state index contributed by atoms with van der Waals surface area (Å²) >= 11 is 0. The van der Waals surface area contributed by atoms with Crippen LogP contribution in [0.4, 0.5) is 0 Å². The molecule has 29 heavy (non-hydrogen) atoms. The van der Waals surface area contributed by atoms with E-state index in [1.165, 1.54) is 0 Å². The molecule has 1 aromatic carbocycles. The van der Waals surface area contributed by atoms with Crippen molar-refractivity contribution in [3.05, 3.63) is 66.8 Å². The molecule has 2 rings (SSSR count). The van der Waals surface area contributed by atoms with Crippen LogP contribution in [-0.4, -0.2) is 37.4 Å². The highest BCUT2D eigenvalue weighted by Gasteiger charge is 2.34. The fourth-order valence-corrected chi connectivity index (χ4v) is 3.13. The number of rotatable bonds is 12. The van der Waals surface area contributed by atoms with Crippen molar-refractivity contribution >= 4 is 11.9 Å². The van der Waals surface area contributed by atoms with Crippen molar-refractivity contribution in [2.75, 3.05) is 20.3 Å². The molecule has 0 heterocycles. The fourth-order valence-electron chi connectivity index (χ4n) is 3.13. The van der Waals surface area contributed by atoms with E-state index in [4.69, 9.17) is 14.2 Å². The lowest BCUT2D eigenvalue weighted by Gasteiger charge is -2.32. The minimum atomic E-state index is -0.900. The van der Waals surface area contributed by atoms with Crippen molar-refractivity contribution in [3.8, 4) is 5.75 Å². The highest BCUT2D eigenvalue weighted by Crippen LogP contribution is 2.38. The van der Waals surface area contributed by atoms with Crippen molar-refractivity contribution in [1.29, 1.82) is 0 Å². The van der Waals surface area contributed by atoms with Gasteiger partial charge in [-0.05, 0) is 37.5 Å². The Morgan fingerprint density at radius 1 is 1.10 bits per heavy atom. The summed E-state index contributed by atoms with van der Waals surface area (Å²) in [6.07, 6.45) is 11.5. The number of aliphatic carboxylic acids is 1. The summed E-state index contributed by atoms with van der Waals surface area (Å²) in [4.78, 5) is 22.3. The predicted molar refractivity (Wildman–Crippen MR) is 110 cm³/mol. The van der Waals surface area contributed by atoms with E-state index >= 15 is 0 Å². The van der Waals surface area contributed by atoms with Gasteiger partial charge in [0.2, 0.25) is 0 Å². The van der Waals surface area contributed by atoms with Gasteiger partial charge in [-0.2, -0.15) is 0 Å². The molecule has 0 saturated heterocycles. The molecule has 0 spiro atoms. The zero-order valence-electron chi connectivity index (χ0n) is 16.7. The number of carboxylic acid groups (broad SMARTS) is 1. The number of esters is 1. The molecule has 156 valence electrons. The third-order valence-electron chi connectivity index (χ3n) is 4.71. The van der Waals surface area contributed by atoms with Crippen molar-refractivity contribution in [2.24, 2.45) is 5.92 Å². The number of benzene rings is 1. The average Bonchev–Trinajstić information content (AvgIpc) is 2.75. The van der Waals surface area contributed by atoms with Gasteiger partial charge in [0.1, 0.15) is 11.4 Å². The molecule has 6 heteroatoms. The second kappa shape index (κ2) is 11.2. The zero-order chi connectivity index (χ0) is 21.1. The second-order valence-corrected chi connectivity index (χ2v) is 6.71. The van der Waals surface area contributed by atoms with Crippen LogP contribution in [0.1, 0.15) is 31.2 Å². The van der Waals surface area contributed by atoms with E-state index in [0.29, 0.717) is 19.0 Å². The number of carbonyl (C=O) groups is 2. The Bertz CT molecular complexity index is 750. The van der Waals surface area contributed by atoms with Gasteiger partial charge in [0.15, 0.2) is 0 Å². The molecule has 0 radical (unpaired) electrons. The summed E-state index contributed by atoms with van der Waals surface area (Å²) < 4.78 is 16.7. The lowest BCUT2D eigenvalue weighted by atomic mass is 9.85. The molecule has 0 unspecified atom stereocenters. The number of unbranched alkanes of at least 4 members (excludes halogenated alkanes) is 3. The first-order chi connectivity index (χ1) is 14.0. The van der Waals surface area contributed by atoms with E-state index in [1.807, 2.05) is 24.3 Å². The number of carbonyl (C=O) groups excluding carboxylic acids is 1. The number of ether oxygens (including phenoxy) is 3. The van der Waals surface area contributed by atoms with Gasteiger partial charge in [-0.1, -0.05) is 43.4 Å². The lowest BCUT2D eigenvalue weighted by molar-refractivity contribution is -0.139. The van der Waals surface area contributed by atoms with Crippen molar-refractivity contribution < 1.29 is 28.9 Å². The SMILES string of the molecule is C=CC(=O)OCCCCCCOC1(c2ccccc2OC)C=CC(C(=O)O)C=C1. The van der Waals surface area contributed by atoms with Crippen LogP contribution in [0.3, 0.4) is 0 Å². The molecule has 1 aliphatic rings. The average molecular weight is 400 g/mol. The summed E-state index contributed by atoms with van der Waals surface area (Å²) in [5, 5.41) is 9.24. The van der Waals surface area contributed by atoms with Crippen LogP contribution in [0.15, 0.2) is 61.2 Å². The number of para-hydroxylation sites is 1. The molecular weight excluding hydrogens is 372 g/mol. The molecule has 0 aromatic heterocycles. The van der Waals surface area contributed by atoms with E-state index in [9.17, 15) is 14.7 Å². The number of carboxylic acids is 1. The molecule has 6 nitrogen and oxygen atoms in total. The van der Waals surface area contributed by atoms with Crippen LogP contribution in [-0.2, 0) is 24.7 Å².